The summed E-state index contributed by atoms with van der Waals surface area (Å²) in [6, 6.07) is 5.13. The first-order chi connectivity index (χ1) is 18.4. The number of rotatable bonds is 5. The Kier molecular flexibility index (Phi) is 8.48. The topological polar surface area (TPSA) is 74.2 Å². The lowest BCUT2D eigenvalue weighted by Crippen LogP contribution is -2.63. The van der Waals surface area contributed by atoms with Gasteiger partial charge in [0.05, 0.1) is 22.5 Å². The van der Waals surface area contributed by atoms with Crippen molar-refractivity contribution in [3.8, 4) is 0 Å². The fourth-order valence-electron chi connectivity index (χ4n) is 5.54. The Hall–Kier alpha value is -3.21. The van der Waals surface area contributed by atoms with E-state index in [0.717, 1.165) is 38.1 Å². The average Bonchev–Trinajstić information content (AvgIpc) is 2.89. The van der Waals surface area contributed by atoms with Gasteiger partial charge in [-0.15, -0.1) is 0 Å². The van der Waals surface area contributed by atoms with Crippen LogP contribution in [0.15, 0.2) is 35.7 Å². The second-order valence-corrected chi connectivity index (χ2v) is 10.6. The lowest BCUT2D eigenvalue weighted by Gasteiger charge is -2.52. The van der Waals surface area contributed by atoms with Gasteiger partial charge in [0.15, 0.2) is 5.84 Å². The van der Waals surface area contributed by atoms with Crippen molar-refractivity contribution in [3.05, 3.63) is 58.7 Å². The van der Waals surface area contributed by atoms with E-state index >= 15 is 0 Å². The zero-order valence-electron chi connectivity index (χ0n) is 23.3. The maximum atomic E-state index is 13.2. The smallest absolute Gasteiger partial charge is 0.394 e. The molecule has 1 atom stereocenters. The van der Waals surface area contributed by atoms with Crippen LogP contribution in [0.25, 0.3) is 0 Å². The summed E-state index contributed by atoms with van der Waals surface area (Å²) in [5, 5.41) is 4.29. The van der Waals surface area contributed by atoms with E-state index in [1.807, 2.05) is 25.7 Å². The molecule has 8 nitrogen and oxygen atoms in total. The highest BCUT2D eigenvalue weighted by molar-refractivity contribution is 5.99. The lowest BCUT2D eigenvalue weighted by atomic mass is 9.86. The standard InChI is InChI=1S/C28H37F3N6O2/c1-6-39-34-25(22-7-9-23(10-8-22)28(29,30)31)37-16-15-36(17-19(37)2)27(5)11-13-35(14-12-27)26(38)24-20(3)32-18-33-21(24)4/h7-10,18-19H,6,11-17H2,1-5H3/b34-25+/t19-/m0/s1. The summed E-state index contributed by atoms with van der Waals surface area (Å²) >= 11 is 0. The normalized spacial score (nSPS) is 20.7. The number of oxime groups is 1. The van der Waals surface area contributed by atoms with Gasteiger partial charge in [0, 0.05) is 49.9 Å². The van der Waals surface area contributed by atoms with E-state index in [2.05, 4.69) is 38.8 Å². The molecule has 2 aromatic rings. The van der Waals surface area contributed by atoms with E-state index in [-0.39, 0.29) is 17.5 Å². The summed E-state index contributed by atoms with van der Waals surface area (Å²) in [4.78, 5) is 33.5. The molecule has 2 fully saturated rings. The molecule has 0 spiro atoms. The summed E-state index contributed by atoms with van der Waals surface area (Å²) in [6.45, 7) is 13.7. The molecule has 0 aliphatic carbocycles. The monoisotopic (exact) mass is 546 g/mol. The minimum absolute atomic E-state index is 0.0147. The number of hydrogen-bond acceptors (Lipinski definition) is 6. The summed E-state index contributed by atoms with van der Waals surface area (Å²) in [7, 11) is 0. The van der Waals surface area contributed by atoms with Gasteiger partial charge in [-0.3, -0.25) is 9.69 Å². The number of likely N-dealkylation sites (tertiary alicyclic amines) is 1. The molecule has 0 N–H and O–H groups in total. The van der Waals surface area contributed by atoms with E-state index < -0.39 is 11.7 Å². The predicted octanol–water partition coefficient (Wildman–Crippen LogP) is 4.51. The molecular weight excluding hydrogens is 509 g/mol. The number of halogens is 3. The first kappa shape index (κ1) is 28.8. The number of amidine groups is 1. The molecule has 0 radical (unpaired) electrons. The predicted molar refractivity (Wildman–Crippen MR) is 142 cm³/mol. The fraction of sp³-hybridized carbons (Fsp3) is 0.571. The van der Waals surface area contributed by atoms with E-state index in [4.69, 9.17) is 4.84 Å². The van der Waals surface area contributed by atoms with Crippen molar-refractivity contribution in [2.75, 3.05) is 39.3 Å². The van der Waals surface area contributed by atoms with Crippen molar-refractivity contribution < 1.29 is 22.8 Å². The summed E-state index contributed by atoms with van der Waals surface area (Å²) in [5.41, 5.74) is 1.81. The lowest BCUT2D eigenvalue weighted by molar-refractivity contribution is -0.137. The van der Waals surface area contributed by atoms with E-state index in [1.165, 1.54) is 18.5 Å². The van der Waals surface area contributed by atoms with Crippen molar-refractivity contribution >= 4 is 11.7 Å². The van der Waals surface area contributed by atoms with Crippen LogP contribution in [0.3, 0.4) is 0 Å². The van der Waals surface area contributed by atoms with Gasteiger partial charge in [-0.1, -0.05) is 17.3 Å². The summed E-state index contributed by atoms with van der Waals surface area (Å²) < 4.78 is 39.3. The highest BCUT2D eigenvalue weighted by Crippen LogP contribution is 2.33. The largest absolute Gasteiger partial charge is 0.416 e. The Bertz CT molecular complexity index is 1170. The Balaban J connectivity index is 1.43. The van der Waals surface area contributed by atoms with Gasteiger partial charge < -0.3 is 14.6 Å². The van der Waals surface area contributed by atoms with Gasteiger partial charge in [-0.25, -0.2) is 9.97 Å². The number of amides is 1. The molecule has 2 aliphatic heterocycles. The SMILES string of the molecule is CCO/N=C(\c1ccc(C(F)(F)F)cc1)N1CCN(C2(C)CCN(C(=O)c3c(C)ncnc3C)CC2)C[C@@H]1C. The molecule has 1 aromatic carbocycles. The zero-order valence-corrected chi connectivity index (χ0v) is 23.3. The Morgan fingerprint density at radius 1 is 1.08 bits per heavy atom. The molecule has 1 aromatic heterocycles. The second kappa shape index (κ2) is 11.5. The third-order valence-corrected chi connectivity index (χ3v) is 7.98. The maximum absolute atomic E-state index is 13.2. The van der Waals surface area contributed by atoms with Crippen molar-refractivity contribution in [2.45, 2.75) is 65.2 Å². The molecule has 11 heteroatoms. The van der Waals surface area contributed by atoms with Crippen molar-refractivity contribution in [2.24, 2.45) is 5.16 Å². The number of hydrogen-bond donors (Lipinski definition) is 0. The minimum atomic E-state index is -4.39. The van der Waals surface area contributed by atoms with Gasteiger partial charge in [-0.2, -0.15) is 13.2 Å². The van der Waals surface area contributed by atoms with Crippen molar-refractivity contribution in [1.82, 2.24) is 24.7 Å². The first-order valence-electron chi connectivity index (χ1n) is 13.4. The minimum Gasteiger partial charge on any atom is -0.394 e. The molecule has 4 rings (SSSR count). The number of alkyl halides is 3. The van der Waals surface area contributed by atoms with E-state index in [0.29, 0.717) is 54.6 Å². The van der Waals surface area contributed by atoms with Crippen LogP contribution in [0.5, 0.6) is 0 Å². The van der Waals surface area contributed by atoms with Crippen molar-refractivity contribution in [3.63, 3.8) is 0 Å². The molecule has 0 bridgehead atoms. The van der Waals surface area contributed by atoms with E-state index in [9.17, 15) is 18.0 Å². The molecule has 39 heavy (non-hydrogen) atoms. The third-order valence-electron chi connectivity index (χ3n) is 7.98. The molecule has 2 saturated heterocycles. The fourth-order valence-corrected chi connectivity index (χ4v) is 5.54. The van der Waals surface area contributed by atoms with Crippen LogP contribution < -0.4 is 0 Å². The van der Waals surface area contributed by atoms with Crippen LogP contribution in [-0.2, 0) is 11.0 Å². The van der Waals surface area contributed by atoms with Crippen LogP contribution in [0.1, 0.15) is 66.5 Å². The number of carbonyl (C=O) groups is 1. The Labute approximate surface area is 227 Å². The Morgan fingerprint density at radius 3 is 2.23 bits per heavy atom. The number of nitrogens with zero attached hydrogens (tertiary/aromatic N) is 6. The highest BCUT2D eigenvalue weighted by Gasteiger charge is 2.41. The molecule has 3 heterocycles. The Morgan fingerprint density at radius 2 is 1.69 bits per heavy atom. The van der Waals surface area contributed by atoms with Crippen LogP contribution in [0, 0.1) is 13.8 Å². The van der Waals surface area contributed by atoms with Crippen LogP contribution in [0.2, 0.25) is 0 Å². The molecule has 212 valence electrons. The maximum Gasteiger partial charge on any atom is 0.416 e. The molecule has 1 amide bonds. The second-order valence-electron chi connectivity index (χ2n) is 10.6. The van der Waals surface area contributed by atoms with Gasteiger partial charge in [-0.05, 0) is 59.6 Å². The number of aromatic nitrogens is 2. The number of piperidine rings is 1. The number of carbonyl (C=O) groups excluding carboxylic acids is 1. The average molecular weight is 547 g/mol. The number of benzene rings is 1. The highest BCUT2D eigenvalue weighted by atomic mass is 19.4. The molecule has 2 aliphatic rings. The molecule has 0 saturated carbocycles. The molecule has 0 unspecified atom stereocenters. The third kappa shape index (κ3) is 6.18. The van der Waals surface area contributed by atoms with Crippen LogP contribution in [-0.4, -0.2) is 87.3 Å². The summed E-state index contributed by atoms with van der Waals surface area (Å²) in [6.07, 6.45) is -1.22. The quantitative estimate of drug-likeness (QED) is 0.312. The first-order valence-corrected chi connectivity index (χ1v) is 13.4. The molecular formula is C28H37F3N6O2. The van der Waals surface area contributed by atoms with Gasteiger partial charge >= 0.3 is 6.18 Å². The van der Waals surface area contributed by atoms with Crippen molar-refractivity contribution in [1.29, 1.82) is 0 Å². The van der Waals surface area contributed by atoms with Gasteiger partial charge in [0.25, 0.3) is 5.91 Å². The zero-order chi connectivity index (χ0) is 28.4. The van der Waals surface area contributed by atoms with Crippen LogP contribution in [0.4, 0.5) is 13.2 Å². The van der Waals surface area contributed by atoms with Gasteiger partial charge in [0.1, 0.15) is 12.9 Å². The summed E-state index contributed by atoms with van der Waals surface area (Å²) in [5.74, 6) is 0.526. The van der Waals surface area contributed by atoms with Gasteiger partial charge in [0.2, 0.25) is 0 Å². The van der Waals surface area contributed by atoms with E-state index in [1.54, 1.807) is 0 Å². The number of piperazine rings is 1. The number of aryl methyl sites for hydroxylation is 2. The van der Waals surface area contributed by atoms with Crippen LogP contribution >= 0.6 is 0 Å².